The first-order valence-electron chi connectivity index (χ1n) is 9.51. The van der Waals surface area contributed by atoms with Crippen molar-refractivity contribution in [3.05, 3.63) is 47.6 Å². The summed E-state index contributed by atoms with van der Waals surface area (Å²) in [5.74, 6) is 1.95. The van der Waals surface area contributed by atoms with Gasteiger partial charge in [-0.3, -0.25) is 4.90 Å². The van der Waals surface area contributed by atoms with Crippen LogP contribution in [0.4, 0.5) is 11.6 Å². The Hall–Kier alpha value is -2.18. The molecule has 0 N–H and O–H groups in total. The average molecular weight is 382 g/mol. The van der Waals surface area contributed by atoms with Gasteiger partial charge in [0.15, 0.2) is 0 Å². The Morgan fingerprint density at radius 1 is 1.15 bits per heavy atom. The number of thiophene rings is 1. The summed E-state index contributed by atoms with van der Waals surface area (Å²) in [5, 5.41) is 3.73. The molecular formula is C21H27N5S. The molecule has 3 aromatic rings. The summed E-state index contributed by atoms with van der Waals surface area (Å²) in [6, 6.07) is 11.3. The molecule has 1 aliphatic heterocycles. The maximum Gasteiger partial charge on any atom is 0.134 e. The summed E-state index contributed by atoms with van der Waals surface area (Å²) < 4.78 is 1.38. The largest absolute Gasteiger partial charge is 0.363 e. The molecule has 1 aromatic carbocycles. The van der Waals surface area contributed by atoms with Crippen molar-refractivity contribution >= 4 is 33.1 Å². The Morgan fingerprint density at radius 2 is 1.96 bits per heavy atom. The van der Waals surface area contributed by atoms with Gasteiger partial charge in [0.05, 0.1) is 0 Å². The Bertz CT molecular complexity index is 906. The number of hydrogen-bond donors (Lipinski definition) is 0. The predicted octanol–water partition coefficient (Wildman–Crippen LogP) is 3.86. The summed E-state index contributed by atoms with van der Waals surface area (Å²) >= 11 is 1.85. The molecule has 1 aliphatic rings. The lowest BCUT2D eigenvalue weighted by atomic mass is 10.0. The van der Waals surface area contributed by atoms with Crippen LogP contribution < -0.4 is 9.80 Å². The van der Waals surface area contributed by atoms with Crippen LogP contribution in [-0.4, -0.2) is 55.1 Å². The van der Waals surface area contributed by atoms with Crippen molar-refractivity contribution in [3.63, 3.8) is 0 Å². The first kappa shape index (κ1) is 18.2. The number of aromatic nitrogens is 2. The monoisotopic (exact) mass is 381 g/mol. The fourth-order valence-electron chi connectivity index (χ4n) is 3.85. The molecule has 0 amide bonds. The van der Waals surface area contributed by atoms with Crippen LogP contribution >= 0.6 is 11.3 Å². The number of fused-ring (bicyclic) bond motifs is 1. The quantitative estimate of drug-likeness (QED) is 0.671. The molecule has 0 radical (unpaired) electrons. The zero-order valence-corrected chi connectivity index (χ0v) is 17.1. The van der Waals surface area contributed by atoms with E-state index in [0.29, 0.717) is 6.04 Å². The Labute approximate surface area is 165 Å². The number of piperidine rings is 1. The highest BCUT2D eigenvalue weighted by Crippen LogP contribution is 2.28. The zero-order valence-electron chi connectivity index (χ0n) is 16.3. The number of hydrogen-bond acceptors (Lipinski definition) is 6. The lowest BCUT2D eigenvalue weighted by Gasteiger charge is -2.38. The first-order valence-corrected chi connectivity index (χ1v) is 10.4. The number of benzene rings is 1. The highest BCUT2D eigenvalue weighted by molar-refractivity contribution is 7.17. The van der Waals surface area contributed by atoms with Crippen LogP contribution in [0.3, 0.4) is 0 Å². The second kappa shape index (κ2) is 7.82. The van der Waals surface area contributed by atoms with Gasteiger partial charge >= 0.3 is 0 Å². The van der Waals surface area contributed by atoms with Gasteiger partial charge in [0, 0.05) is 51.0 Å². The minimum Gasteiger partial charge on any atom is -0.363 e. The lowest BCUT2D eigenvalue weighted by Crippen LogP contribution is -2.46. The van der Waals surface area contributed by atoms with Crippen molar-refractivity contribution in [1.82, 2.24) is 14.9 Å². The van der Waals surface area contributed by atoms with E-state index in [2.05, 4.69) is 62.5 Å². The SMILES string of the molecule is CN(C)c1cc(N(C)C2CCCN(Cc3csc4ccccc34)C2)ncn1. The third-order valence-electron chi connectivity index (χ3n) is 5.44. The zero-order chi connectivity index (χ0) is 18.8. The Balaban J connectivity index is 1.47. The van der Waals surface area contributed by atoms with Crippen LogP contribution in [0.25, 0.3) is 10.1 Å². The molecule has 3 heterocycles. The van der Waals surface area contributed by atoms with E-state index < -0.39 is 0 Å². The van der Waals surface area contributed by atoms with Crippen molar-refractivity contribution in [2.75, 3.05) is 44.0 Å². The molecule has 1 saturated heterocycles. The molecule has 1 atom stereocenters. The average Bonchev–Trinajstić information content (AvgIpc) is 3.11. The molecule has 1 unspecified atom stereocenters. The van der Waals surface area contributed by atoms with Crippen LogP contribution in [0.5, 0.6) is 0 Å². The van der Waals surface area contributed by atoms with Crippen molar-refractivity contribution < 1.29 is 0 Å². The fraction of sp³-hybridized carbons (Fsp3) is 0.429. The van der Waals surface area contributed by atoms with Crippen molar-refractivity contribution in [2.24, 2.45) is 0 Å². The van der Waals surface area contributed by atoms with E-state index in [1.165, 1.54) is 35.0 Å². The van der Waals surface area contributed by atoms with Crippen LogP contribution in [0.2, 0.25) is 0 Å². The van der Waals surface area contributed by atoms with Gasteiger partial charge in [-0.05, 0) is 41.8 Å². The van der Waals surface area contributed by atoms with E-state index in [-0.39, 0.29) is 0 Å². The van der Waals surface area contributed by atoms with Gasteiger partial charge in [-0.15, -0.1) is 11.3 Å². The standard InChI is InChI=1S/C21H27N5S/c1-24(2)20-11-21(23-15-22-20)25(3)17-7-6-10-26(13-17)12-16-14-27-19-9-5-4-8-18(16)19/h4-5,8-9,11,14-15,17H,6-7,10,12-13H2,1-3H3. The second-order valence-corrected chi connectivity index (χ2v) is 8.44. The fourth-order valence-corrected chi connectivity index (χ4v) is 4.80. The molecule has 2 aromatic heterocycles. The van der Waals surface area contributed by atoms with Crippen molar-refractivity contribution in [3.8, 4) is 0 Å². The number of anilines is 2. The van der Waals surface area contributed by atoms with E-state index in [4.69, 9.17) is 0 Å². The Morgan fingerprint density at radius 3 is 2.81 bits per heavy atom. The van der Waals surface area contributed by atoms with E-state index >= 15 is 0 Å². The molecule has 5 nitrogen and oxygen atoms in total. The van der Waals surface area contributed by atoms with E-state index in [1.807, 2.05) is 30.3 Å². The highest BCUT2D eigenvalue weighted by atomic mass is 32.1. The smallest absolute Gasteiger partial charge is 0.134 e. The van der Waals surface area contributed by atoms with Gasteiger partial charge in [0.2, 0.25) is 0 Å². The van der Waals surface area contributed by atoms with Gasteiger partial charge < -0.3 is 9.80 Å². The van der Waals surface area contributed by atoms with Crippen LogP contribution in [0, 0.1) is 0 Å². The van der Waals surface area contributed by atoms with Gasteiger partial charge in [0.1, 0.15) is 18.0 Å². The lowest BCUT2D eigenvalue weighted by molar-refractivity contribution is 0.199. The summed E-state index contributed by atoms with van der Waals surface area (Å²) in [6.07, 6.45) is 4.10. The van der Waals surface area contributed by atoms with Crippen LogP contribution in [0.1, 0.15) is 18.4 Å². The minimum absolute atomic E-state index is 0.480. The molecule has 0 spiro atoms. The molecule has 6 heteroatoms. The number of nitrogens with zero attached hydrogens (tertiary/aromatic N) is 5. The summed E-state index contributed by atoms with van der Waals surface area (Å²) in [4.78, 5) is 15.8. The molecule has 0 saturated carbocycles. The normalized spacial score (nSPS) is 18.0. The maximum atomic E-state index is 4.51. The van der Waals surface area contributed by atoms with Crippen molar-refractivity contribution in [2.45, 2.75) is 25.4 Å². The number of likely N-dealkylation sites (tertiary alicyclic amines) is 1. The summed E-state index contributed by atoms with van der Waals surface area (Å²) in [5.41, 5.74) is 1.45. The summed E-state index contributed by atoms with van der Waals surface area (Å²) in [7, 11) is 6.19. The third kappa shape index (κ3) is 3.92. The highest BCUT2D eigenvalue weighted by Gasteiger charge is 2.25. The summed E-state index contributed by atoms with van der Waals surface area (Å²) in [6.45, 7) is 3.27. The van der Waals surface area contributed by atoms with Crippen molar-refractivity contribution in [1.29, 1.82) is 0 Å². The maximum absolute atomic E-state index is 4.51. The molecule has 0 aliphatic carbocycles. The molecular weight excluding hydrogens is 354 g/mol. The molecule has 1 fully saturated rings. The molecule has 27 heavy (non-hydrogen) atoms. The molecule has 0 bridgehead atoms. The molecule has 4 rings (SSSR count). The molecule has 142 valence electrons. The Kier molecular flexibility index (Phi) is 5.27. The minimum atomic E-state index is 0.480. The van der Waals surface area contributed by atoms with Crippen LogP contribution in [0.15, 0.2) is 42.0 Å². The van der Waals surface area contributed by atoms with E-state index in [0.717, 1.165) is 24.7 Å². The van der Waals surface area contributed by atoms with E-state index in [9.17, 15) is 0 Å². The van der Waals surface area contributed by atoms with Gasteiger partial charge in [0.25, 0.3) is 0 Å². The van der Waals surface area contributed by atoms with E-state index in [1.54, 1.807) is 6.33 Å². The topological polar surface area (TPSA) is 35.5 Å². The number of rotatable bonds is 5. The van der Waals surface area contributed by atoms with Gasteiger partial charge in [-0.1, -0.05) is 18.2 Å². The van der Waals surface area contributed by atoms with Gasteiger partial charge in [-0.2, -0.15) is 0 Å². The predicted molar refractivity (Wildman–Crippen MR) is 115 cm³/mol. The van der Waals surface area contributed by atoms with Crippen LogP contribution in [-0.2, 0) is 6.54 Å². The number of likely N-dealkylation sites (N-methyl/N-ethyl adjacent to an activating group) is 1. The first-order chi connectivity index (χ1) is 13.1. The third-order valence-corrected chi connectivity index (χ3v) is 6.45. The second-order valence-electron chi connectivity index (χ2n) is 7.53. The van der Waals surface area contributed by atoms with Gasteiger partial charge in [-0.25, -0.2) is 9.97 Å².